The van der Waals surface area contributed by atoms with E-state index in [-0.39, 0.29) is 5.91 Å². The third-order valence-electron chi connectivity index (χ3n) is 5.30. The highest BCUT2D eigenvalue weighted by molar-refractivity contribution is 5.94. The second kappa shape index (κ2) is 8.39. The average molecular weight is 386 g/mol. The Morgan fingerprint density at radius 1 is 0.759 bits per heavy atom. The van der Waals surface area contributed by atoms with Crippen molar-refractivity contribution >= 4 is 11.6 Å². The van der Waals surface area contributed by atoms with Crippen LogP contribution in [0.3, 0.4) is 0 Å². The van der Waals surface area contributed by atoms with Crippen molar-refractivity contribution in [3.05, 3.63) is 89.5 Å². The summed E-state index contributed by atoms with van der Waals surface area (Å²) >= 11 is 0. The number of aryl methyl sites for hydroxylation is 2. The van der Waals surface area contributed by atoms with Crippen LogP contribution >= 0.6 is 0 Å². The number of amides is 1. The van der Waals surface area contributed by atoms with Gasteiger partial charge >= 0.3 is 0 Å². The lowest BCUT2D eigenvalue weighted by atomic mass is 10.1. The largest absolute Gasteiger partial charge is 0.457 e. The smallest absolute Gasteiger partial charge is 0.254 e. The molecule has 0 saturated carbocycles. The first kappa shape index (κ1) is 19.1. The summed E-state index contributed by atoms with van der Waals surface area (Å²) < 4.78 is 5.92. The van der Waals surface area contributed by atoms with Crippen molar-refractivity contribution in [3.63, 3.8) is 0 Å². The van der Waals surface area contributed by atoms with Crippen molar-refractivity contribution < 1.29 is 9.53 Å². The quantitative estimate of drug-likeness (QED) is 0.628. The first-order chi connectivity index (χ1) is 14.1. The number of hydrogen-bond donors (Lipinski definition) is 0. The molecule has 0 aromatic heterocycles. The highest BCUT2D eigenvalue weighted by Gasteiger charge is 2.22. The molecule has 4 nitrogen and oxygen atoms in total. The van der Waals surface area contributed by atoms with E-state index in [2.05, 4.69) is 36.1 Å². The van der Waals surface area contributed by atoms with Crippen molar-refractivity contribution in [2.45, 2.75) is 13.8 Å². The summed E-state index contributed by atoms with van der Waals surface area (Å²) in [7, 11) is 0. The molecule has 3 aromatic carbocycles. The van der Waals surface area contributed by atoms with Gasteiger partial charge < -0.3 is 14.5 Å². The summed E-state index contributed by atoms with van der Waals surface area (Å²) in [5.74, 6) is 1.51. The molecular formula is C25H26N2O2. The van der Waals surface area contributed by atoms with Crippen molar-refractivity contribution in [1.82, 2.24) is 4.90 Å². The number of carbonyl (C=O) groups excluding carboxylic acids is 1. The number of hydrogen-bond acceptors (Lipinski definition) is 3. The van der Waals surface area contributed by atoms with Crippen LogP contribution in [0.15, 0.2) is 72.8 Å². The predicted octanol–water partition coefficient (Wildman–Crippen LogP) is 5.06. The minimum absolute atomic E-state index is 0.0583. The van der Waals surface area contributed by atoms with E-state index >= 15 is 0 Å². The van der Waals surface area contributed by atoms with Crippen LogP contribution in [-0.2, 0) is 0 Å². The zero-order chi connectivity index (χ0) is 20.2. The van der Waals surface area contributed by atoms with E-state index in [1.54, 1.807) is 0 Å². The van der Waals surface area contributed by atoms with Gasteiger partial charge in [0, 0.05) is 37.4 Å². The fraction of sp³-hybridized carbons (Fsp3) is 0.240. The molecule has 4 heteroatoms. The van der Waals surface area contributed by atoms with Gasteiger partial charge in [0.2, 0.25) is 0 Å². The highest BCUT2D eigenvalue weighted by Crippen LogP contribution is 2.24. The van der Waals surface area contributed by atoms with Gasteiger partial charge in [0.15, 0.2) is 0 Å². The minimum atomic E-state index is 0.0583. The standard InChI is InChI=1S/C25H26N2O2/c1-19-6-10-22(11-7-19)26-14-16-27(17-15-26)25(28)21-4-3-5-24(18-21)29-23-12-8-20(2)9-13-23/h3-13,18H,14-17H2,1-2H3. The summed E-state index contributed by atoms with van der Waals surface area (Å²) in [5.41, 5.74) is 4.33. The Bertz CT molecular complexity index is 972. The molecule has 1 aliphatic heterocycles. The van der Waals surface area contributed by atoms with Gasteiger partial charge in [-0.25, -0.2) is 0 Å². The Kier molecular flexibility index (Phi) is 5.52. The van der Waals surface area contributed by atoms with Gasteiger partial charge in [-0.15, -0.1) is 0 Å². The molecule has 0 atom stereocenters. The summed E-state index contributed by atoms with van der Waals surface area (Å²) in [6.45, 7) is 7.26. The van der Waals surface area contributed by atoms with Crippen LogP contribution < -0.4 is 9.64 Å². The average Bonchev–Trinajstić information content (AvgIpc) is 2.76. The SMILES string of the molecule is Cc1ccc(Oc2cccc(C(=O)N3CCN(c4ccc(C)cc4)CC3)c2)cc1. The zero-order valence-electron chi connectivity index (χ0n) is 17.0. The Morgan fingerprint density at radius 2 is 1.38 bits per heavy atom. The first-order valence-corrected chi connectivity index (χ1v) is 10.0. The van der Waals surface area contributed by atoms with Crippen LogP contribution in [0.1, 0.15) is 21.5 Å². The van der Waals surface area contributed by atoms with Gasteiger partial charge in [0.1, 0.15) is 11.5 Å². The Labute approximate surface area is 172 Å². The molecule has 1 heterocycles. The lowest BCUT2D eigenvalue weighted by Crippen LogP contribution is -2.48. The van der Waals surface area contributed by atoms with Crippen molar-refractivity contribution in [2.24, 2.45) is 0 Å². The summed E-state index contributed by atoms with van der Waals surface area (Å²) in [6, 6.07) is 23.9. The van der Waals surface area contributed by atoms with Crippen LogP contribution in [-0.4, -0.2) is 37.0 Å². The minimum Gasteiger partial charge on any atom is -0.457 e. The number of ether oxygens (including phenoxy) is 1. The van der Waals surface area contributed by atoms with Gasteiger partial charge in [-0.3, -0.25) is 4.79 Å². The van der Waals surface area contributed by atoms with E-state index in [0.717, 1.165) is 31.9 Å². The van der Waals surface area contributed by atoms with E-state index in [0.29, 0.717) is 11.3 Å². The van der Waals surface area contributed by atoms with Gasteiger partial charge in [-0.1, -0.05) is 41.5 Å². The fourth-order valence-corrected chi connectivity index (χ4v) is 3.54. The zero-order valence-corrected chi connectivity index (χ0v) is 17.0. The maximum Gasteiger partial charge on any atom is 0.254 e. The second-order valence-electron chi connectivity index (χ2n) is 7.56. The van der Waals surface area contributed by atoms with Crippen LogP contribution in [0.25, 0.3) is 0 Å². The Balaban J connectivity index is 1.39. The lowest BCUT2D eigenvalue weighted by Gasteiger charge is -2.36. The maximum absolute atomic E-state index is 13.0. The van der Waals surface area contributed by atoms with E-state index in [1.807, 2.05) is 60.4 Å². The molecule has 0 spiro atoms. The lowest BCUT2D eigenvalue weighted by molar-refractivity contribution is 0.0746. The Hall–Kier alpha value is -3.27. The second-order valence-corrected chi connectivity index (χ2v) is 7.56. The van der Waals surface area contributed by atoms with Crippen LogP contribution in [0.2, 0.25) is 0 Å². The molecule has 1 amide bonds. The molecule has 0 N–H and O–H groups in total. The number of benzene rings is 3. The molecule has 29 heavy (non-hydrogen) atoms. The van der Waals surface area contributed by atoms with E-state index < -0.39 is 0 Å². The normalized spacial score (nSPS) is 14.0. The van der Waals surface area contributed by atoms with Crippen LogP contribution in [0, 0.1) is 13.8 Å². The number of carbonyl (C=O) groups is 1. The monoisotopic (exact) mass is 386 g/mol. The Morgan fingerprint density at radius 3 is 2.03 bits per heavy atom. The van der Waals surface area contributed by atoms with Gasteiger partial charge in [-0.05, 0) is 56.3 Å². The van der Waals surface area contributed by atoms with Gasteiger partial charge in [0.05, 0.1) is 0 Å². The molecule has 0 bridgehead atoms. The molecule has 148 valence electrons. The molecule has 0 unspecified atom stereocenters. The number of anilines is 1. The number of piperazine rings is 1. The molecule has 1 aliphatic rings. The van der Waals surface area contributed by atoms with E-state index in [4.69, 9.17) is 4.74 Å². The third kappa shape index (κ3) is 4.60. The third-order valence-corrected chi connectivity index (χ3v) is 5.30. The van der Waals surface area contributed by atoms with E-state index in [1.165, 1.54) is 16.8 Å². The van der Waals surface area contributed by atoms with Gasteiger partial charge in [0.25, 0.3) is 5.91 Å². The molecule has 1 saturated heterocycles. The van der Waals surface area contributed by atoms with Crippen molar-refractivity contribution in [2.75, 3.05) is 31.1 Å². The van der Waals surface area contributed by atoms with Gasteiger partial charge in [-0.2, -0.15) is 0 Å². The molecule has 0 radical (unpaired) electrons. The highest BCUT2D eigenvalue weighted by atomic mass is 16.5. The number of nitrogens with zero attached hydrogens (tertiary/aromatic N) is 2. The topological polar surface area (TPSA) is 32.8 Å². The fourth-order valence-electron chi connectivity index (χ4n) is 3.54. The number of rotatable bonds is 4. The summed E-state index contributed by atoms with van der Waals surface area (Å²) in [5, 5.41) is 0. The van der Waals surface area contributed by atoms with Crippen LogP contribution in [0.4, 0.5) is 5.69 Å². The molecule has 0 aliphatic carbocycles. The molecule has 3 aromatic rings. The van der Waals surface area contributed by atoms with Crippen LogP contribution in [0.5, 0.6) is 11.5 Å². The summed E-state index contributed by atoms with van der Waals surface area (Å²) in [4.78, 5) is 17.2. The molecule has 4 rings (SSSR count). The van der Waals surface area contributed by atoms with Crippen molar-refractivity contribution in [1.29, 1.82) is 0 Å². The summed E-state index contributed by atoms with van der Waals surface area (Å²) in [6.07, 6.45) is 0. The molecule has 1 fully saturated rings. The molecular weight excluding hydrogens is 360 g/mol. The van der Waals surface area contributed by atoms with E-state index in [9.17, 15) is 4.79 Å². The van der Waals surface area contributed by atoms with Crippen molar-refractivity contribution in [3.8, 4) is 11.5 Å². The first-order valence-electron chi connectivity index (χ1n) is 10.0. The maximum atomic E-state index is 13.0. The predicted molar refractivity (Wildman–Crippen MR) is 117 cm³/mol.